The molecule has 17 heavy (non-hydrogen) atoms. The van der Waals surface area contributed by atoms with E-state index in [-0.39, 0.29) is 0 Å². The highest BCUT2D eigenvalue weighted by Gasteiger charge is 2.18. The summed E-state index contributed by atoms with van der Waals surface area (Å²) >= 11 is 0. The molecular weight excluding hydrogens is 212 g/mol. The lowest BCUT2D eigenvalue weighted by atomic mass is 10.1. The van der Waals surface area contributed by atoms with Gasteiger partial charge in [0.2, 0.25) is 0 Å². The third-order valence-electron chi connectivity index (χ3n) is 3.26. The molecule has 3 heteroatoms. The smallest absolute Gasteiger partial charge is 0.122 e. The average Bonchev–Trinajstić information content (AvgIpc) is 2.34. The Morgan fingerprint density at radius 2 is 2.06 bits per heavy atom. The molecule has 0 saturated carbocycles. The van der Waals surface area contributed by atoms with E-state index in [1.54, 1.807) is 0 Å². The van der Waals surface area contributed by atoms with Crippen LogP contribution >= 0.6 is 0 Å². The Morgan fingerprint density at radius 3 is 2.65 bits per heavy atom. The SMILES string of the molecule is Cc1cc(C#N)ccc1OC1CCN(C)CC1. The van der Waals surface area contributed by atoms with Crippen LogP contribution in [0.5, 0.6) is 5.75 Å². The van der Waals surface area contributed by atoms with Crippen molar-refractivity contribution in [2.24, 2.45) is 0 Å². The van der Waals surface area contributed by atoms with Crippen LogP contribution in [0.25, 0.3) is 0 Å². The summed E-state index contributed by atoms with van der Waals surface area (Å²) in [5, 5.41) is 8.81. The third kappa shape index (κ3) is 2.98. The number of hydrogen-bond acceptors (Lipinski definition) is 3. The van der Waals surface area contributed by atoms with Gasteiger partial charge in [-0.3, -0.25) is 0 Å². The van der Waals surface area contributed by atoms with E-state index in [1.165, 1.54) is 0 Å². The van der Waals surface area contributed by atoms with Crippen LogP contribution in [-0.4, -0.2) is 31.1 Å². The van der Waals surface area contributed by atoms with Crippen LogP contribution in [0.2, 0.25) is 0 Å². The topological polar surface area (TPSA) is 36.3 Å². The fraction of sp³-hybridized carbons (Fsp3) is 0.500. The number of rotatable bonds is 2. The van der Waals surface area contributed by atoms with E-state index in [4.69, 9.17) is 10.00 Å². The molecule has 0 amide bonds. The first-order chi connectivity index (χ1) is 8.19. The van der Waals surface area contributed by atoms with Gasteiger partial charge in [0, 0.05) is 13.1 Å². The monoisotopic (exact) mass is 230 g/mol. The molecule has 0 bridgehead atoms. The molecular formula is C14H18N2O. The van der Waals surface area contributed by atoms with Crippen LogP contribution in [0.1, 0.15) is 24.0 Å². The molecule has 0 spiro atoms. The van der Waals surface area contributed by atoms with Crippen molar-refractivity contribution in [1.82, 2.24) is 4.90 Å². The number of hydrogen-bond donors (Lipinski definition) is 0. The summed E-state index contributed by atoms with van der Waals surface area (Å²) in [5.74, 6) is 0.915. The molecule has 1 heterocycles. The van der Waals surface area contributed by atoms with Crippen molar-refractivity contribution in [2.45, 2.75) is 25.9 Å². The van der Waals surface area contributed by atoms with Crippen LogP contribution in [0.3, 0.4) is 0 Å². The minimum atomic E-state index is 0.317. The van der Waals surface area contributed by atoms with Gasteiger partial charge in [0.15, 0.2) is 0 Å². The molecule has 1 aromatic rings. The molecule has 1 fully saturated rings. The van der Waals surface area contributed by atoms with Gasteiger partial charge in [0.1, 0.15) is 11.9 Å². The molecule has 1 aliphatic rings. The highest BCUT2D eigenvalue weighted by molar-refractivity contribution is 5.41. The molecule has 1 aromatic carbocycles. The summed E-state index contributed by atoms with van der Waals surface area (Å²) in [4.78, 5) is 2.32. The van der Waals surface area contributed by atoms with Crippen LogP contribution in [0.15, 0.2) is 18.2 Å². The van der Waals surface area contributed by atoms with Crippen molar-refractivity contribution >= 4 is 0 Å². The first-order valence-electron chi connectivity index (χ1n) is 6.05. The van der Waals surface area contributed by atoms with Gasteiger partial charge in [-0.25, -0.2) is 0 Å². The first-order valence-corrected chi connectivity index (χ1v) is 6.05. The molecule has 0 aliphatic carbocycles. The Balaban J connectivity index is 2.02. The van der Waals surface area contributed by atoms with E-state index in [9.17, 15) is 0 Å². The minimum Gasteiger partial charge on any atom is -0.490 e. The lowest BCUT2D eigenvalue weighted by molar-refractivity contribution is 0.113. The number of ether oxygens (including phenoxy) is 1. The van der Waals surface area contributed by atoms with Crippen LogP contribution in [-0.2, 0) is 0 Å². The van der Waals surface area contributed by atoms with Crippen molar-refractivity contribution in [3.63, 3.8) is 0 Å². The van der Waals surface area contributed by atoms with Gasteiger partial charge in [-0.05, 0) is 50.6 Å². The maximum Gasteiger partial charge on any atom is 0.122 e. The summed E-state index contributed by atoms with van der Waals surface area (Å²) in [5.41, 5.74) is 1.74. The van der Waals surface area contributed by atoms with Gasteiger partial charge in [0.25, 0.3) is 0 Å². The fourth-order valence-electron chi connectivity index (χ4n) is 2.13. The molecule has 1 aliphatic heterocycles. The zero-order valence-corrected chi connectivity index (χ0v) is 10.4. The standard InChI is InChI=1S/C14H18N2O/c1-11-9-12(10-15)3-4-14(11)17-13-5-7-16(2)8-6-13/h3-4,9,13H,5-8H2,1-2H3. The Morgan fingerprint density at radius 1 is 1.35 bits per heavy atom. The maximum absolute atomic E-state index is 8.81. The maximum atomic E-state index is 8.81. The zero-order chi connectivity index (χ0) is 12.3. The first kappa shape index (κ1) is 11.9. The largest absolute Gasteiger partial charge is 0.490 e. The van der Waals surface area contributed by atoms with E-state index in [0.717, 1.165) is 37.2 Å². The average molecular weight is 230 g/mol. The summed E-state index contributed by atoms with van der Waals surface area (Å²) in [6, 6.07) is 7.75. The van der Waals surface area contributed by atoms with Crippen LogP contribution in [0, 0.1) is 18.3 Å². The number of likely N-dealkylation sites (tertiary alicyclic amines) is 1. The molecule has 0 N–H and O–H groups in total. The van der Waals surface area contributed by atoms with Gasteiger partial charge in [-0.2, -0.15) is 5.26 Å². The summed E-state index contributed by atoms with van der Waals surface area (Å²) < 4.78 is 6.00. The second kappa shape index (κ2) is 5.20. The lowest BCUT2D eigenvalue weighted by Crippen LogP contribution is -2.35. The van der Waals surface area contributed by atoms with Crippen molar-refractivity contribution < 1.29 is 4.74 Å². The van der Waals surface area contributed by atoms with Crippen LogP contribution in [0.4, 0.5) is 0 Å². The predicted molar refractivity (Wildman–Crippen MR) is 67.0 cm³/mol. The van der Waals surface area contributed by atoms with E-state index >= 15 is 0 Å². The number of nitriles is 1. The van der Waals surface area contributed by atoms with E-state index < -0.39 is 0 Å². The predicted octanol–water partition coefficient (Wildman–Crippen LogP) is 2.34. The summed E-state index contributed by atoms with van der Waals surface area (Å²) in [7, 11) is 2.14. The Kier molecular flexibility index (Phi) is 3.65. The molecule has 90 valence electrons. The van der Waals surface area contributed by atoms with Crippen molar-refractivity contribution in [3.8, 4) is 11.8 Å². The molecule has 3 nitrogen and oxygen atoms in total. The molecule has 0 unspecified atom stereocenters. The van der Waals surface area contributed by atoms with Gasteiger partial charge in [-0.15, -0.1) is 0 Å². The number of aryl methyl sites for hydroxylation is 1. The quantitative estimate of drug-likeness (QED) is 0.782. The zero-order valence-electron chi connectivity index (χ0n) is 10.4. The van der Waals surface area contributed by atoms with E-state index in [1.807, 2.05) is 25.1 Å². The normalized spacial score (nSPS) is 17.7. The Labute approximate surface area is 103 Å². The lowest BCUT2D eigenvalue weighted by Gasteiger charge is -2.29. The molecule has 0 atom stereocenters. The number of benzene rings is 1. The highest BCUT2D eigenvalue weighted by atomic mass is 16.5. The molecule has 2 rings (SSSR count). The Hall–Kier alpha value is -1.53. The number of piperidine rings is 1. The van der Waals surface area contributed by atoms with Gasteiger partial charge < -0.3 is 9.64 Å². The van der Waals surface area contributed by atoms with E-state index in [0.29, 0.717) is 11.7 Å². The molecule has 1 saturated heterocycles. The second-order valence-electron chi connectivity index (χ2n) is 4.71. The number of nitrogens with zero attached hydrogens (tertiary/aromatic N) is 2. The molecule has 0 radical (unpaired) electrons. The third-order valence-corrected chi connectivity index (χ3v) is 3.26. The van der Waals surface area contributed by atoms with Gasteiger partial charge >= 0.3 is 0 Å². The summed E-state index contributed by atoms with van der Waals surface area (Å²) in [6.07, 6.45) is 2.48. The van der Waals surface area contributed by atoms with Crippen molar-refractivity contribution in [1.29, 1.82) is 5.26 Å². The second-order valence-corrected chi connectivity index (χ2v) is 4.71. The van der Waals surface area contributed by atoms with E-state index in [2.05, 4.69) is 18.0 Å². The van der Waals surface area contributed by atoms with Gasteiger partial charge in [-0.1, -0.05) is 0 Å². The van der Waals surface area contributed by atoms with Gasteiger partial charge in [0.05, 0.1) is 11.6 Å². The fourth-order valence-corrected chi connectivity index (χ4v) is 2.13. The van der Waals surface area contributed by atoms with Crippen molar-refractivity contribution in [3.05, 3.63) is 29.3 Å². The highest BCUT2D eigenvalue weighted by Crippen LogP contribution is 2.23. The Bertz CT molecular complexity index is 428. The minimum absolute atomic E-state index is 0.317. The van der Waals surface area contributed by atoms with Crippen LogP contribution < -0.4 is 4.74 Å². The molecule has 0 aromatic heterocycles. The summed E-state index contributed by atoms with van der Waals surface area (Å²) in [6.45, 7) is 4.19. The van der Waals surface area contributed by atoms with Crippen molar-refractivity contribution in [2.75, 3.05) is 20.1 Å².